The summed E-state index contributed by atoms with van der Waals surface area (Å²) >= 11 is 7.69. The third kappa shape index (κ3) is 3.45. The molecule has 1 aromatic heterocycles. The maximum Gasteiger partial charge on any atom is 0.138 e. The zero-order valence-corrected chi connectivity index (χ0v) is 11.9. The van der Waals surface area contributed by atoms with Gasteiger partial charge >= 0.3 is 0 Å². The SMILES string of the molecule is CNCc1nc(COc2cc(C)ccc2Cl)cs1. The molecule has 0 aliphatic rings. The number of benzene rings is 1. The number of halogens is 1. The number of hydrogen-bond acceptors (Lipinski definition) is 4. The Morgan fingerprint density at radius 3 is 3.06 bits per heavy atom. The van der Waals surface area contributed by atoms with Crippen LogP contribution in [-0.2, 0) is 13.2 Å². The minimum absolute atomic E-state index is 0.448. The van der Waals surface area contributed by atoms with Crippen molar-refractivity contribution in [3.05, 3.63) is 44.9 Å². The summed E-state index contributed by atoms with van der Waals surface area (Å²) in [5, 5.41) is 6.78. The van der Waals surface area contributed by atoms with E-state index in [2.05, 4.69) is 10.3 Å². The number of aromatic nitrogens is 1. The number of nitrogens with one attached hydrogen (secondary N) is 1. The maximum atomic E-state index is 6.06. The molecule has 5 heteroatoms. The van der Waals surface area contributed by atoms with Crippen molar-refractivity contribution < 1.29 is 4.74 Å². The van der Waals surface area contributed by atoms with E-state index in [9.17, 15) is 0 Å². The number of nitrogens with zero attached hydrogens (tertiary/aromatic N) is 1. The highest BCUT2D eigenvalue weighted by Gasteiger charge is 2.05. The van der Waals surface area contributed by atoms with Gasteiger partial charge in [0.15, 0.2) is 0 Å². The molecule has 18 heavy (non-hydrogen) atoms. The lowest BCUT2D eigenvalue weighted by atomic mass is 10.2. The molecule has 0 aliphatic heterocycles. The molecule has 0 fully saturated rings. The predicted molar refractivity (Wildman–Crippen MR) is 75.4 cm³/mol. The largest absolute Gasteiger partial charge is 0.486 e. The molecule has 0 unspecified atom stereocenters. The van der Waals surface area contributed by atoms with Gasteiger partial charge in [0.2, 0.25) is 0 Å². The average Bonchev–Trinajstić information content (AvgIpc) is 2.79. The molecule has 2 rings (SSSR count). The molecule has 96 valence electrons. The Morgan fingerprint density at radius 2 is 2.28 bits per heavy atom. The van der Waals surface area contributed by atoms with Crippen LogP contribution in [0.1, 0.15) is 16.3 Å². The summed E-state index contributed by atoms with van der Waals surface area (Å²) in [5.74, 6) is 0.708. The third-order valence-corrected chi connectivity index (χ3v) is 3.60. The number of aryl methyl sites for hydroxylation is 1. The minimum Gasteiger partial charge on any atom is -0.486 e. The molecule has 0 aliphatic carbocycles. The van der Waals surface area contributed by atoms with Crippen molar-refractivity contribution in [2.45, 2.75) is 20.1 Å². The zero-order valence-electron chi connectivity index (χ0n) is 10.4. The monoisotopic (exact) mass is 282 g/mol. The van der Waals surface area contributed by atoms with Gasteiger partial charge in [-0.25, -0.2) is 4.98 Å². The van der Waals surface area contributed by atoms with Crippen LogP contribution in [0.2, 0.25) is 5.02 Å². The Hall–Kier alpha value is -1.10. The Kier molecular flexibility index (Phi) is 4.58. The van der Waals surface area contributed by atoms with Gasteiger partial charge in [-0.2, -0.15) is 0 Å². The smallest absolute Gasteiger partial charge is 0.138 e. The summed E-state index contributed by atoms with van der Waals surface area (Å²) < 4.78 is 5.69. The van der Waals surface area contributed by atoms with Gasteiger partial charge < -0.3 is 10.1 Å². The maximum absolute atomic E-state index is 6.06. The second-order valence-corrected chi connectivity index (χ2v) is 5.34. The third-order valence-electron chi connectivity index (χ3n) is 2.39. The summed E-state index contributed by atoms with van der Waals surface area (Å²) in [4.78, 5) is 4.46. The molecule has 0 saturated heterocycles. The molecule has 1 heterocycles. The van der Waals surface area contributed by atoms with Gasteiger partial charge in [0.25, 0.3) is 0 Å². The average molecular weight is 283 g/mol. The lowest BCUT2D eigenvalue weighted by Crippen LogP contribution is -2.05. The molecule has 0 amide bonds. The highest BCUT2D eigenvalue weighted by atomic mass is 35.5. The Bertz CT molecular complexity index is 527. The van der Waals surface area contributed by atoms with E-state index in [0.29, 0.717) is 17.4 Å². The van der Waals surface area contributed by atoms with Gasteiger partial charge in [0.05, 0.1) is 10.7 Å². The molecule has 0 saturated carbocycles. The van der Waals surface area contributed by atoms with Crippen molar-refractivity contribution in [1.82, 2.24) is 10.3 Å². The molecule has 1 N–H and O–H groups in total. The van der Waals surface area contributed by atoms with Crippen LogP contribution >= 0.6 is 22.9 Å². The van der Waals surface area contributed by atoms with Crippen LogP contribution in [0.3, 0.4) is 0 Å². The predicted octanol–water partition coefficient (Wildman–Crippen LogP) is 3.40. The highest BCUT2D eigenvalue weighted by molar-refractivity contribution is 7.09. The van der Waals surface area contributed by atoms with Crippen molar-refractivity contribution in [1.29, 1.82) is 0 Å². The molecule has 1 aromatic carbocycles. The quantitative estimate of drug-likeness (QED) is 0.913. The number of rotatable bonds is 5. The first kappa shape index (κ1) is 13.3. The molecular weight excluding hydrogens is 268 g/mol. The number of ether oxygens (including phenoxy) is 1. The van der Waals surface area contributed by atoms with Crippen molar-refractivity contribution in [2.75, 3.05) is 7.05 Å². The van der Waals surface area contributed by atoms with Crippen LogP contribution in [0.25, 0.3) is 0 Å². The lowest BCUT2D eigenvalue weighted by Gasteiger charge is -2.07. The molecular formula is C13H15ClN2OS. The number of thiazole rings is 1. The van der Waals surface area contributed by atoms with Gasteiger partial charge in [-0.1, -0.05) is 17.7 Å². The van der Waals surface area contributed by atoms with E-state index in [1.165, 1.54) is 0 Å². The summed E-state index contributed by atoms with van der Waals surface area (Å²) in [7, 11) is 1.91. The van der Waals surface area contributed by atoms with Crippen LogP contribution in [0.15, 0.2) is 23.6 Å². The van der Waals surface area contributed by atoms with Crippen LogP contribution in [0, 0.1) is 6.92 Å². The second-order valence-electron chi connectivity index (χ2n) is 3.99. The van der Waals surface area contributed by atoms with Gasteiger partial charge in [-0.05, 0) is 31.7 Å². The Labute approximate surface area is 116 Å². The topological polar surface area (TPSA) is 34.2 Å². The molecule has 0 bridgehead atoms. The lowest BCUT2D eigenvalue weighted by molar-refractivity contribution is 0.302. The molecule has 0 radical (unpaired) electrons. The summed E-state index contributed by atoms with van der Waals surface area (Å²) in [6.45, 7) is 3.25. The first-order valence-electron chi connectivity index (χ1n) is 5.66. The van der Waals surface area contributed by atoms with Crippen LogP contribution in [0.4, 0.5) is 0 Å². The van der Waals surface area contributed by atoms with Crippen molar-refractivity contribution in [2.24, 2.45) is 0 Å². The van der Waals surface area contributed by atoms with Crippen molar-refractivity contribution in [3.63, 3.8) is 0 Å². The number of hydrogen-bond donors (Lipinski definition) is 1. The van der Waals surface area contributed by atoms with Gasteiger partial charge in [-0.3, -0.25) is 0 Å². The second kappa shape index (κ2) is 6.18. The summed E-state index contributed by atoms with van der Waals surface area (Å²) in [5.41, 5.74) is 2.06. The van der Waals surface area contributed by atoms with Crippen molar-refractivity contribution >= 4 is 22.9 Å². The molecule has 3 nitrogen and oxygen atoms in total. The van der Waals surface area contributed by atoms with Crippen LogP contribution in [-0.4, -0.2) is 12.0 Å². The minimum atomic E-state index is 0.448. The fraction of sp³-hybridized carbons (Fsp3) is 0.308. The molecule has 0 spiro atoms. The summed E-state index contributed by atoms with van der Waals surface area (Å²) in [6, 6.07) is 5.74. The van der Waals surface area contributed by atoms with E-state index in [-0.39, 0.29) is 0 Å². The van der Waals surface area contributed by atoms with Crippen LogP contribution < -0.4 is 10.1 Å². The van der Waals surface area contributed by atoms with E-state index in [0.717, 1.165) is 22.8 Å². The zero-order chi connectivity index (χ0) is 13.0. The Balaban J connectivity index is 1.99. The van der Waals surface area contributed by atoms with Gasteiger partial charge in [-0.15, -0.1) is 11.3 Å². The first-order valence-corrected chi connectivity index (χ1v) is 6.91. The Morgan fingerprint density at radius 1 is 1.44 bits per heavy atom. The van der Waals surface area contributed by atoms with E-state index >= 15 is 0 Å². The molecule has 0 atom stereocenters. The van der Waals surface area contributed by atoms with E-state index < -0.39 is 0 Å². The summed E-state index contributed by atoms with van der Waals surface area (Å²) in [6.07, 6.45) is 0. The highest BCUT2D eigenvalue weighted by Crippen LogP contribution is 2.26. The van der Waals surface area contributed by atoms with E-state index in [1.807, 2.05) is 37.6 Å². The van der Waals surface area contributed by atoms with Gasteiger partial charge in [0, 0.05) is 11.9 Å². The van der Waals surface area contributed by atoms with E-state index in [4.69, 9.17) is 16.3 Å². The van der Waals surface area contributed by atoms with Crippen molar-refractivity contribution in [3.8, 4) is 5.75 Å². The van der Waals surface area contributed by atoms with Gasteiger partial charge in [0.1, 0.15) is 17.4 Å². The van der Waals surface area contributed by atoms with Crippen LogP contribution in [0.5, 0.6) is 5.75 Å². The first-order chi connectivity index (χ1) is 8.69. The van der Waals surface area contributed by atoms with E-state index in [1.54, 1.807) is 11.3 Å². The fourth-order valence-electron chi connectivity index (χ4n) is 1.52. The normalized spacial score (nSPS) is 10.6. The molecule has 2 aromatic rings. The standard InChI is InChI=1S/C13H15ClN2OS/c1-9-3-4-11(14)12(5-9)17-7-10-8-18-13(16-10)6-15-2/h3-5,8,15H,6-7H2,1-2H3. The fourth-order valence-corrected chi connectivity index (χ4v) is 2.48.